The molecule has 0 bridgehead atoms. The molecular formula is C16H14CoN2Na2O8S2. The SMILES string of the molecule is O=S(=O)([O-])c1ccc(O)c(C=NCCN=Cc2cc(S(=O)(=O)[O-])ccc2O)c1.[Co].[Na+].[Na+]. The minimum absolute atomic E-state index is 0. The summed E-state index contributed by atoms with van der Waals surface area (Å²) in [5.74, 6) is -0.527. The topological polar surface area (TPSA) is 180 Å². The monoisotopic (exact) mass is 531 g/mol. The third-order valence-corrected chi connectivity index (χ3v) is 5.06. The van der Waals surface area contributed by atoms with Gasteiger partial charge in [-0.2, -0.15) is 0 Å². The van der Waals surface area contributed by atoms with E-state index in [1.165, 1.54) is 12.4 Å². The number of rotatable bonds is 7. The Morgan fingerprint density at radius 2 is 1.06 bits per heavy atom. The van der Waals surface area contributed by atoms with E-state index in [0.29, 0.717) is 0 Å². The predicted molar refractivity (Wildman–Crippen MR) is 97.1 cm³/mol. The number of phenols is 2. The zero-order chi connectivity index (χ0) is 20.9. The fourth-order valence-electron chi connectivity index (χ4n) is 2.02. The van der Waals surface area contributed by atoms with Gasteiger partial charge in [-0.15, -0.1) is 0 Å². The molecule has 0 heterocycles. The zero-order valence-electron chi connectivity index (χ0n) is 16.4. The molecule has 15 heteroatoms. The molecule has 0 spiro atoms. The zero-order valence-corrected chi connectivity index (χ0v) is 23.1. The molecule has 0 saturated heterocycles. The minimum atomic E-state index is -4.67. The number of phenolic OH excluding ortho intramolecular Hbond substituents is 2. The van der Waals surface area contributed by atoms with Gasteiger partial charge in [0.1, 0.15) is 31.7 Å². The number of aromatic hydroxyl groups is 2. The van der Waals surface area contributed by atoms with Crippen LogP contribution >= 0.6 is 0 Å². The van der Waals surface area contributed by atoms with Crippen LogP contribution in [-0.4, -0.2) is 61.7 Å². The molecule has 0 aliphatic heterocycles. The molecule has 0 unspecified atom stereocenters. The maximum absolute atomic E-state index is 11.0. The molecule has 0 aliphatic rings. The molecule has 1 radical (unpaired) electrons. The molecule has 2 aromatic rings. The number of hydrogen-bond acceptors (Lipinski definition) is 10. The quantitative estimate of drug-likeness (QED) is 0.154. The maximum Gasteiger partial charge on any atom is 1.00 e. The van der Waals surface area contributed by atoms with Crippen molar-refractivity contribution in [3.05, 3.63) is 47.5 Å². The van der Waals surface area contributed by atoms with E-state index in [4.69, 9.17) is 0 Å². The van der Waals surface area contributed by atoms with Crippen molar-refractivity contribution in [1.82, 2.24) is 0 Å². The van der Waals surface area contributed by atoms with Crippen LogP contribution in [0.5, 0.6) is 11.5 Å². The summed E-state index contributed by atoms with van der Waals surface area (Å²) in [6.45, 7) is 0.204. The first-order chi connectivity index (χ1) is 13.0. The van der Waals surface area contributed by atoms with Gasteiger partial charge < -0.3 is 19.3 Å². The first-order valence-corrected chi connectivity index (χ1v) is 10.4. The van der Waals surface area contributed by atoms with Crippen LogP contribution in [-0.2, 0) is 37.0 Å². The fourth-order valence-corrected chi connectivity index (χ4v) is 3.04. The Hall–Kier alpha value is -0.294. The number of nitrogens with zero attached hydrogens (tertiary/aromatic N) is 2. The van der Waals surface area contributed by atoms with Crippen LogP contribution in [0.15, 0.2) is 56.2 Å². The molecule has 0 amide bonds. The summed E-state index contributed by atoms with van der Waals surface area (Å²) in [7, 11) is -9.33. The summed E-state index contributed by atoms with van der Waals surface area (Å²) < 4.78 is 65.9. The van der Waals surface area contributed by atoms with Crippen LogP contribution in [0.2, 0.25) is 0 Å². The van der Waals surface area contributed by atoms with Gasteiger partial charge in [0.15, 0.2) is 0 Å². The first-order valence-electron chi connectivity index (χ1n) is 7.56. The third kappa shape index (κ3) is 10.5. The summed E-state index contributed by atoms with van der Waals surface area (Å²) in [4.78, 5) is 6.85. The summed E-state index contributed by atoms with van der Waals surface area (Å²) in [5.41, 5.74) is 0.0683. The van der Waals surface area contributed by atoms with Crippen LogP contribution in [0.25, 0.3) is 0 Å². The van der Waals surface area contributed by atoms with Crippen molar-refractivity contribution in [1.29, 1.82) is 0 Å². The molecule has 0 saturated carbocycles. The first kappa shape index (κ1) is 32.9. The van der Waals surface area contributed by atoms with Crippen molar-refractivity contribution in [3.8, 4) is 11.5 Å². The van der Waals surface area contributed by atoms with Crippen LogP contribution in [0.1, 0.15) is 11.1 Å². The van der Waals surface area contributed by atoms with Crippen molar-refractivity contribution < 1.29 is 112 Å². The maximum atomic E-state index is 11.0. The molecule has 10 nitrogen and oxygen atoms in total. The Morgan fingerprint density at radius 1 is 0.742 bits per heavy atom. The molecule has 2 N–H and O–H groups in total. The number of benzene rings is 2. The largest absolute Gasteiger partial charge is 1.00 e. The van der Waals surface area contributed by atoms with Gasteiger partial charge in [0.05, 0.1) is 22.9 Å². The average molecular weight is 531 g/mol. The standard InChI is InChI=1S/C16H16N2O8S2.Co.2Na/c19-15-3-1-13(27(21,22)23)7-11(15)9-17-5-6-18-10-12-8-14(28(24,25)26)2-4-16(12)20;;;/h1-4,7-10,19-20H,5-6H2,(H,21,22,23)(H,24,25,26);;;/q;;2*+1/p-2. The molecule has 159 valence electrons. The Bertz CT molecular complexity index is 1060. The molecular weight excluding hydrogens is 517 g/mol. The van der Waals surface area contributed by atoms with Crippen molar-refractivity contribution >= 4 is 32.7 Å². The third-order valence-electron chi connectivity index (χ3n) is 3.39. The van der Waals surface area contributed by atoms with Gasteiger partial charge in [-0.25, -0.2) is 16.8 Å². The van der Waals surface area contributed by atoms with Gasteiger partial charge in [-0.3, -0.25) is 9.98 Å². The Morgan fingerprint density at radius 3 is 1.35 bits per heavy atom. The summed E-state index contributed by atoms with van der Waals surface area (Å²) in [5, 5.41) is 19.3. The molecule has 2 aromatic carbocycles. The second-order valence-electron chi connectivity index (χ2n) is 5.42. The van der Waals surface area contributed by atoms with Gasteiger partial charge in [-0.05, 0) is 36.4 Å². The van der Waals surface area contributed by atoms with Crippen molar-refractivity contribution in [2.24, 2.45) is 9.98 Å². The molecule has 0 atom stereocenters. The second kappa shape index (κ2) is 14.1. The van der Waals surface area contributed by atoms with Gasteiger partial charge in [0, 0.05) is 40.3 Å². The van der Waals surface area contributed by atoms with Crippen LogP contribution in [0, 0.1) is 0 Å². The predicted octanol–water partition coefficient (Wildman–Crippen LogP) is -5.55. The summed E-state index contributed by atoms with van der Waals surface area (Å²) in [6.07, 6.45) is 2.34. The number of hydrogen-bond donors (Lipinski definition) is 2. The Balaban J connectivity index is 0. The van der Waals surface area contributed by atoms with Crippen molar-refractivity contribution in [3.63, 3.8) is 0 Å². The van der Waals surface area contributed by atoms with E-state index < -0.39 is 30.0 Å². The van der Waals surface area contributed by atoms with E-state index in [9.17, 15) is 36.2 Å². The number of aliphatic imine (C=N–C) groups is 2. The van der Waals surface area contributed by atoms with Crippen LogP contribution in [0.3, 0.4) is 0 Å². The van der Waals surface area contributed by atoms with Crippen LogP contribution in [0.4, 0.5) is 0 Å². The van der Waals surface area contributed by atoms with Gasteiger partial charge in [-0.1, -0.05) is 0 Å². The van der Waals surface area contributed by atoms with Crippen molar-refractivity contribution in [2.45, 2.75) is 9.79 Å². The molecule has 0 fully saturated rings. The van der Waals surface area contributed by atoms with E-state index in [1.807, 2.05) is 0 Å². The smallest absolute Gasteiger partial charge is 0.744 e. The second-order valence-corrected chi connectivity index (χ2v) is 8.18. The van der Waals surface area contributed by atoms with E-state index in [1.54, 1.807) is 0 Å². The van der Waals surface area contributed by atoms with E-state index in [2.05, 4.69) is 9.98 Å². The van der Waals surface area contributed by atoms with Crippen molar-refractivity contribution in [2.75, 3.05) is 13.1 Å². The molecule has 31 heavy (non-hydrogen) atoms. The molecule has 2 rings (SSSR count). The molecule has 0 aromatic heterocycles. The van der Waals surface area contributed by atoms with E-state index in [0.717, 1.165) is 36.4 Å². The van der Waals surface area contributed by atoms with E-state index >= 15 is 0 Å². The summed E-state index contributed by atoms with van der Waals surface area (Å²) in [6, 6.07) is 6.03. The van der Waals surface area contributed by atoms with Gasteiger partial charge >= 0.3 is 59.1 Å². The van der Waals surface area contributed by atoms with Crippen LogP contribution < -0.4 is 59.1 Å². The Kier molecular flexibility index (Phi) is 14.9. The van der Waals surface area contributed by atoms with Gasteiger partial charge in [0.25, 0.3) is 0 Å². The Labute approximate surface area is 234 Å². The molecule has 0 aliphatic carbocycles. The average Bonchev–Trinajstić information content (AvgIpc) is 2.58. The normalized spacial score (nSPS) is 11.5. The van der Waals surface area contributed by atoms with Gasteiger partial charge in [0.2, 0.25) is 0 Å². The minimum Gasteiger partial charge on any atom is -0.744 e. The summed E-state index contributed by atoms with van der Waals surface area (Å²) >= 11 is 0. The van der Waals surface area contributed by atoms with E-state index in [-0.39, 0.29) is 112 Å². The fraction of sp³-hybridized carbons (Fsp3) is 0.125.